The summed E-state index contributed by atoms with van der Waals surface area (Å²) in [6, 6.07) is 0.220. The first-order valence-electron chi connectivity index (χ1n) is 5.89. The molecule has 1 saturated carbocycles. The molecule has 0 aromatic carbocycles. The van der Waals surface area contributed by atoms with E-state index in [0.29, 0.717) is 18.7 Å². The normalized spacial score (nSPS) is 29.4. The molecule has 2 aliphatic rings. The largest absolute Gasteiger partial charge is 0.444 e. The molecule has 0 N–H and O–H groups in total. The first-order chi connectivity index (χ1) is 7.37. The van der Waals surface area contributed by atoms with Crippen molar-refractivity contribution in [2.24, 2.45) is 5.92 Å². The molecular weight excluding hydrogens is 206 g/mol. The molecule has 2 rings (SSSR count). The van der Waals surface area contributed by atoms with E-state index in [-0.39, 0.29) is 18.1 Å². The van der Waals surface area contributed by atoms with Gasteiger partial charge in [0.25, 0.3) is 0 Å². The van der Waals surface area contributed by atoms with Gasteiger partial charge in [-0.1, -0.05) is 0 Å². The van der Waals surface area contributed by atoms with Crippen LogP contribution in [0.5, 0.6) is 0 Å². The van der Waals surface area contributed by atoms with E-state index in [9.17, 15) is 9.59 Å². The van der Waals surface area contributed by atoms with Crippen molar-refractivity contribution in [3.05, 3.63) is 0 Å². The molecule has 4 heteroatoms. The van der Waals surface area contributed by atoms with Crippen LogP contribution in [0.2, 0.25) is 0 Å². The van der Waals surface area contributed by atoms with Gasteiger partial charge in [0.15, 0.2) is 0 Å². The smallest absolute Gasteiger partial charge is 0.410 e. The van der Waals surface area contributed by atoms with E-state index in [4.69, 9.17) is 4.74 Å². The molecule has 1 aliphatic heterocycles. The standard InChI is InChI=1S/C12H19NO3/c1-12(2,3)16-11(15)13-7-8-6-9(13)4-5-10(8)14/h8-9H,4-7H2,1-3H3. The third-order valence-electron chi connectivity index (χ3n) is 3.22. The molecule has 2 bridgehead atoms. The number of hydrogen-bond donors (Lipinski definition) is 0. The maximum Gasteiger partial charge on any atom is 0.410 e. The second kappa shape index (κ2) is 3.75. The number of carbonyl (C=O) groups excluding carboxylic acids is 2. The molecule has 1 saturated heterocycles. The van der Waals surface area contributed by atoms with Crippen molar-refractivity contribution in [3.63, 3.8) is 0 Å². The minimum Gasteiger partial charge on any atom is -0.444 e. The fourth-order valence-corrected chi connectivity index (χ4v) is 2.48. The Kier molecular flexibility index (Phi) is 2.68. The van der Waals surface area contributed by atoms with Gasteiger partial charge in [0.05, 0.1) is 0 Å². The summed E-state index contributed by atoms with van der Waals surface area (Å²) in [7, 11) is 0. The van der Waals surface area contributed by atoms with Crippen LogP contribution in [0.15, 0.2) is 0 Å². The molecule has 0 spiro atoms. The summed E-state index contributed by atoms with van der Waals surface area (Å²) in [5.74, 6) is 0.369. The molecule has 2 unspecified atom stereocenters. The summed E-state index contributed by atoms with van der Waals surface area (Å²) >= 11 is 0. The zero-order chi connectivity index (χ0) is 11.9. The third kappa shape index (κ3) is 2.20. The third-order valence-corrected chi connectivity index (χ3v) is 3.22. The maximum atomic E-state index is 11.9. The number of rotatable bonds is 0. The van der Waals surface area contributed by atoms with Gasteiger partial charge in [-0.3, -0.25) is 4.79 Å². The number of Topliss-reactive ketones (excluding diaryl/α,β-unsaturated/α-hetero) is 1. The van der Waals surface area contributed by atoms with Crippen LogP contribution in [0.1, 0.15) is 40.0 Å². The number of likely N-dealkylation sites (tertiary alicyclic amines) is 1. The molecule has 0 aromatic heterocycles. The quantitative estimate of drug-likeness (QED) is 0.633. The topological polar surface area (TPSA) is 46.6 Å². The van der Waals surface area contributed by atoms with Crippen molar-refractivity contribution in [3.8, 4) is 0 Å². The van der Waals surface area contributed by atoms with E-state index in [1.54, 1.807) is 4.90 Å². The molecule has 1 aliphatic carbocycles. The Balaban J connectivity index is 2.01. The lowest BCUT2D eigenvalue weighted by molar-refractivity contribution is -0.123. The number of ketones is 1. The summed E-state index contributed by atoms with van der Waals surface area (Å²) < 4.78 is 5.34. The molecule has 90 valence electrons. The molecule has 0 aromatic rings. The van der Waals surface area contributed by atoms with Gasteiger partial charge in [-0.05, 0) is 33.6 Å². The van der Waals surface area contributed by atoms with Crippen molar-refractivity contribution >= 4 is 11.9 Å². The molecular formula is C12H19NO3. The Labute approximate surface area is 95.9 Å². The predicted octanol–water partition coefficient (Wildman–Crippen LogP) is 1.97. The van der Waals surface area contributed by atoms with Gasteiger partial charge in [0, 0.05) is 24.9 Å². The van der Waals surface area contributed by atoms with Crippen molar-refractivity contribution in [1.82, 2.24) is 4.90 Å². The highest BCUT2D eigenvalue weighted by molar-refractivity contribution is 5.84. The van der Waals surface area contributed by atoms with Gasteiger partial charge in [-0.25, -0.2) is 4.79 Å². The maximum absolute atomic E-state index is 11.9. The average molecular weight is 225 g/mol. The van der Waals surface area contributed by atoms with Gasteiger partial charge >= 0.3 is 6.09 Å². The lowest BCUT2D eigenvalue weighted by atomic mass is 9.89. The van der Waals surface area contributed by atoms with E-state index in [0.717, 1.165) is 12.8 Å². The predicted molar refractivity (Wildman–Crippen MR) is 59.1 cm³/mol. The second-order valence-corrected chi connectivity index (χ2v) is 5.72. The Morgan fingerprint density at radius 2 is 2.12 bits per heavy atom. The summed E-state index contributed by atoms with van der Waals surface area (Å²) in [4.78, 5) is 25.2. The van der Waals surface area contributed by atoms with Gasteiger partial charge < -0.3 is 9.64 Å². The van der Waals surface area contributed by atoms with E-state index in [1.165, 1.54) is 0 Å². The number of nitrogens with zero attached hydrogens (tertiary/aromatic N) is 1. The zero-order valence-electron chi connectivity index (χ0n) is 10.2. The first kappa shape index (κ1) is 11.4. The van der Waals surface area contributed by atoms with Crippen LogP contribution < -0.4 is 0 Å². The molecule has 4 nitrogen and oxygen atoms in total. The van der Waals surface area contributed by atoms with Crippen LogP contribution in [0.3, 0.4) is 0 Å². The van der Waals surface area contributed by atoms with Crippen molar-refractivity contribution in [2.75, 3.05) is 6.54 Å². The monoisotopic (exact) mass is 225 g/mol. The molecule has 1 heterocycles. The van der Waals surface area contributed by atoms with E-state index >= 15 is 0 Å². The van der Waals surface area contributed by atoms with Crippen molar-refractivity contribution < 1.29 is 14.3 Å². The number of fused-ring (bicyclic) bond motifs is 2. The minimum atomic E-state index is -0.461. The van der Waals surface area contributed by atoms with Gasteiger partial charge in [0.1, 0.15) is 11.4 Å². The number of ether oxygens (including phenoxy) is 1. The van der Waals surface area contributed by atoms with Crippen LogP contribution in [0, 0.1) is 5.92 Å². The fourth-order valence-electron chi connectivity index (χ4n) is 2.48. The second-order valence-electron chi connectivity index (χ2n) is 5.72. The van der Waals surface area contributed by atoms with Crippen LogP contribution in [-0.4, -0.2) is 35.0 Å². The highest BCUT2D eigenvalue weighted by Gasteiger charge is 2.43. The molecule has 0 radical (unpaired) electrons. The lowest BCUT2D eigenvalue weighted by Crippen LogP contribution is -2.39. The summed E-state index contributed by atoms with van der Waals surface area (Å²) in [5.41, 5.74) is -0.461. The summed E-state index contributed by atoms with van der Waals surface area (Å²) in [6.07, 6.45) is 1.98. The first-order valence-corrected chi connectivity index (χ1v) is 5.89. The van der Waals surface area contributed by atoms with E-state index in [1.807, 2.05) is 20.8 Å². The van der Waals surface area contributed by atoms with Gasteiger partial charge in [-0.15, -0.1) is 0 Å². The fraction of sp³-hybridized carbons (Fsp3) is 0.833. The Morgan fingerprint density at radius 1 is 1.44 bits per heavy atom. The molecule has 2 fully saturated rings. The summed E-state index contributed by atoms with van der Waals surface area (Å²) in [5, 5.41) is 0. The number of hydrogen-bond acceptors (Lipinski definition) is 3. The van der Waals surface area contributed by atoms with Crippen LogP contribution in [-0.2, 0) is 9.53 Å². The highest BCUT2D eigenvalue weighted by Crippen LogP contribution is 2.34. The van der Waals surface area contributed by atoms with Crippen LogP contribution in [0.4, 0.5) is 4.79 Å². The number of amides is 1. The van der Waals surface area contributed by atoms with E-state index in [2.05, 4.69) is 0 Å². The highest BCUT2D eigenvalue weighted by atomic mass is 16.6. The molecule has 16 heavy (non-hydrogen) atoms. The van der Waals surface area contributed by atoms with E-state index < -0.39 is 5.60 Å². The number of carbonyl (C=O) groups is 2. The Morgan fingerprint density at radius 3 is 2.69 bits per heavy atom. The van der Waals surface area contributed by atoms with Gasteiger partial charge in [-0.2, -0.15) is 0 Å². The van der Waals surface area contributed by atoms with Crippen molar-refractivity contribution in [2.45, 2.75) is 51.7 Å². The van der Waals surface area contributed by atoms with Crippen LogP contribution >= 0.6 is 0 Å². The zero-order valence-corrected chi connectivity index (χ0v) is 10.2. The SMILES string of the molecule is CC(C)(C)OC(=O)N1CC2CC1CCC2=O. The minimum absolute atomic E-state index is 0.0614. The Bertz CT molecular complexity index is 319. The summed E-state index contributed by atoms with van der Waals surface area (Å²) in [6.45, 7) is 6.13. The Hall–Kier alpha value is -1.06. The molecule has 2 atom stereocenters. The average Bonchev–Trinajstić information content (AvgIpc) is 2.49. The van der Waals surface area contributed by atoms with Crippen LogP contribution in [0.25, 0.3) is 0 Å². The van der Waals surface area contributed by atoms with Crippen molar-refractivity contribution in [1.29, 1.82) is 0 Å². The lowest BCUT2D eigenvalue weighted by Gasteiger charge is -2.28. The van der Waals surface area contributed by atoms with Gasteiger partial charge in [0.2, 0.25) is 0 Å². The molecule has 1 amide bonds.